The van der Waals surface area contributed by atoms with Gasteiger partial charge in [0.15, 0.2) is 5.01 Å². The summed E-state index contributed by atoms with van der Waals surface area (Å²) in [5, 5.41) is 20.8. The van der Waals surface area contributed by atoms with E-state index in [1.54, 1.807) is 30.3 Å². The summed E-state index contributed by atoms with van der Waals surface area (Å²) in [7, 11) is 0. The van der Waals surface area contributed by atoms with E-state index in [2.05, 4.69) is 21.6 Å². The lowest BCUT2D eigenvalue weighted by Crippen LogP contribution is -2.11. The Morgan fingerprint density at radius 1 is 1.04 bits per heavy atom. The van der Waals surface area contributed by atoms with E-state index in [1.165, 1.54) is 0 Å². The molecule has 3 aromatic rings. The van der Waals surface area contributed by atoms with Gasteiger partial charge in [0.2, 0.25) is 5.13 Å². The molecule has 1 aromatic heterocycles. The highest BCUT2D eigenvalue weighted by Gasteiger charge is 2.12. The quantitative estimate of drug-likeness (QED) is 0.736. The summed E-state index contributed by atoms with van der Waals surface area (Å²) in [6.07, 6.45) is 1.74. The standard InChI is InChI=1S/C18H12N4OS/c19-12-15(11-13-7-3-1-4-8-13)17-21-22-18(24-17)20-16(23)14-9-5-2-6-10-14/h1-11H,(H,20,22,23)/b15-11-. The molecule has 0 saturated heterocycles. The zero-order chi connectivity index (χ0) is 16.8. The molecule has 1 N–H and O–H groups in total. The first kappa shape index (κ1) is 15.6. The summed E-state index contributed by atoms with van der Waals surface area (Å²) in [6.45, 7) is 0. The first-order chi connectivity index (χ1) is 11.8. The van der Waals surface area contributed by atoms with Crippen LogP contribution in [0.1, 0.15) is 20.9 Å². The molecule has 0 spiro atoms. The minimum Gasteiger partial charge on any atom is -0.296 e. The van der Waals surface area contributed by atoms with Crippen LogP contribution in [0.25, 0.3) is 11.6 Å². The third-order valence-electron chi connectivity index (χ3n) is 3.14. The van der Waals surface area contributed by atoms with Crippen LogP contribution in [0.3, 0.4) is 0 Å². The molecule has 116 valence electrons. The Morgan fingerprint density at radius 2 is 1.71 bits per heavy atom. The molecule has 3 rings (SSSR count). The van der Waals surface area contributed by atoms with Crippen LogP contribution >= 0.6 is 11.3 Å². The fourth-order valence-electron chi connectivity index (χ4n) is 2.00. The first-order valence-electron chi connectivity index (χ1n) is 7.13. The Balaban J connectivity index is 1.79. The molecule has 2 aromatic carbocycles. The minimum absolute atomic E-state index is 0.260. The van der Waals surface area contributed by atoms with Crippen molar-refractivity contribution >= 4 is 34.0 Å². The summed E-state index contributed by atoms with van der Waals surface area (Å²) < 4.78 is 0. The maximum absolute atomic E-state index is 12.1. The first-order valence-corrected chi connectivity index (χ1v) is 7.95. The van der Waals surface area contributed by atoms with E-state index in [1.807, 2.05) is 36.4 Å². The van der Waals surface area contributed by atoms with Gasteiger partial charge < -0.3 is 0 Å². The molecule has 1 heterocycles. The van der Waals surface area contributed by atoms with Crippen LogP contribution in [-0.2, 0) is 0 Å². The van der Waals surface area contributed by atoms with Gasteiger partial charge in [-0.05, 0) is 23.8 Å². The van der Waals surface area contributed by atoms with Crippen molar-refractivity contribution in [2.24, 2.45) is 0 Å². The number of hydrogen-bond donors (Lipinski definition) is 1. The fourth-order valence-corrected chi connectivity index (χ4v) is 2.70. The van der Waals surface area contributed by atoms with Crippen molar-refractivity contribution in [1.82, 2.24) is 10.2 Å². The van der Waals surface area contributed by atoms with Gasteiger partial charge in [0.1, 0.15) is 6.07 Å². The lowest BCUT2D eigenvalue weighted by Gasteiger charge is -1.99. The number of rotatable bonds is 4. The van der Waals surface area contributed by atoms with Gasteiger partial charge in [-0.1, -0.05) is 59.9 Å². The number of allylic oxidation sites excluding steroid dienone is 1. The highest BCUT2D eigenvalue weighted by atomic mass is 32.1. The second-order valence-corrected chi connectivity index (χ2v) is 5.79. The molecule has 6 heteroatoms. The molecule has 1 amide bonds. The molecule has 0 saturated carbocycles. The van der Waals surface area contributed by atoms with Crippen LogP contribution in [0.4, 0.5) is 5.13 Å². The van der Waals surface area contributed by atoms with Crippen molar-refractivity contribution in [3.05, 3.63) is 76.8 Å². The van der Waals surface area contributed by atoms with Gasteiger partial charge in [0.25, 0.3) is 5.91 Å². The molecular weight excluding hydrogens is 320 g/mol. The Labute approximate surface area is 142 Å². The van der Waals surface area contributed by atoms with E-state index < -0.39 is 0 Å². The molecule has 0 unspecified atom stereocenters. The SMILES string of the molecule is N#C/C(=C/c1ccccc1)c1nnc(NC(=O)c2ccccc2)s1. The summed E-state index contributed by atoms with van der Waals surface area (Å²) >= 11 is 1.16. The molecule has 0 aliphatic heterocycles. The molecule has 0 aliphatic rings. The number of carbonyl (C=O) groups excluding carboxylic acids is 1. The van der Waals surface area contributed by atoms with Gasteiger partial charge in [-0.2, -0.15) is 5.26 Å². The Morgan fingerprint density at radius 3 is 2.38 bits per heavy atom. The van der Waals surface area contributed by atoms with Gasteiger partial charge in [0.05, 0.1) is 5.57 Å². The summed E-state index contributed by atoms with van der Waals surface area (Å²) in [5.41, 5.74) is 1.84. The molecule has 0 bridgehead atoms. The molecule has 0 fully saturated rings. The number of nitrogens with zero attached hydrogens (tertiary/aromatic N) is 3. The van der Waals surface area contributed by atoms with Crippen molar-refractivity contribution in [2.75, 3.05) is 5.32 Å². The van der Waals surface area contributed by atoms with Gasteiger partial charge in [0, 0.05) is 5.56 Å². The number of nitrogens with one attached hydrogen (secondary N) is 1. The highest BCUT2D eigenvalue weighted by molar-refractivity contribution is 7.16. The van der Waals surface area contributed by atoms with E-state index >= 15 is 0 Å². The van der Waals surface area contributed by atoms with Crippen LogP contribution in [0, 0.1) is 11.3 Å². The van der Waals surface area contributed by atoms with Crippen molar-refractivity contribution in [1.29, 1.82) is 5.26 Å². The molecular formula is C18H12N4OS. The monoisotopic (exact) mass is 332 g/mol. The maximum atomic E-state index is 12.1. The van der Waals surface area contributed by atoms with E-state index in [0.717, 1.165) is 16.9 Å². The number of anilines is 1. The number of nitriles is 1. The number of amides is 1. The Kier molecular flexibility index (Phi) is 4.75. The van der Waals surface area contributed by atoms with Crippen LogP contribution in [0.2, 0.25) is 0 Å². The van der Waals surface area contributed by atoms with Gasteiger partial charge in [-0.25, -0.2) is 0 Å². The number of benzene rings is 2. The number of aromatic nitrogens is 2. The molecule has 0 aliphatic carbocycles. The zero-order valence-electron chi connectivity index (χ0n) is 12.5. The van der Waals surface area contributed by atoms with Gasteiger partial charge >= 0.3 is 0 Å². The predicted molar refractivity (Wildman–Crippen MR) is 94.2 cm³/mol. The fraction of sp³-hybridized carbons (Fsp3) is 0. The van der Waals surface area contributed by atoms with Crippen LogP contribution < -0.4 is 5.32 Å². The molecule has 0 atom stereocenters. The van der Waals surface area contributed by atoms with E-state index in [9.17, 15) is 10.1 Å². The normalized spacial score (nSPS) is 10.9. The molecule has 5 nitrogen and oxygen atoms in total. The van der Waals surface area contributed by atoms with Crippen LogP contribution in [0.5, 0.6) is 0 Å². The van der Waals surface area contributed by atoms with Crippen molar-refractivity contribution < 1.29 is 4.79 Å². The smallest absolute Gasteiger partial charge is 0.257 e. The minimum atomic E-state index is -0.260. The largest absolute Gasteiger partial charge is 0.296 e. The van der Waals surface area contributed by atoms with Gasteiger partial charge in [-0.15, -0.1) is 10.2 Å². The van der Waals surface area contributed by atoms with Crippen molar-refractivity contribution in [3.63, 3.8) is 0 Å². The average Bonchev–Trinajstić information content (AvgIpc) is 3.09. The summed E-state index contributed by atoms with van der Waals surface area (Å²) in [5.74, 6) is -0.260. The van der Waals surface area contributed by atoms with Crippen molar-refractivity contribution in [2.45, 2.75) is 0 Å². The second kappa shape index (κ2) is 7.31. The van der Waals surface area contributed by atoms with Gasteiger partial charge in [-0.3, -0.25) is 10.1 Å². The lowest BCUT2D eigenvalue weighted by molar-refractivity contribution is 0.102. The van der Waals surface area contributed by atoms with Crippen molar-refractivity contribution in [3.8, 4) is 6.07 Å². The summed E-state index contributed by atoms with van der Waals surface area (Å²) in [6, 6.07) is 20.5. The Hall–Kier alpha value is -3.30. The molecule has 24 heavy (non-hydrogen) atoms. The topological polar surface area (TPSA) is 78.7 Å². The number of carbonyl (C=O) groups is 1. The third kappa shape index (κ3) is 3.72. The molecule has 0 radical (unpaired) electrons. The van der Waals surface area contributed by atoms with E-state index in [0.29, 0.717) is 21.3 Å². The maximum Gasteiger partial charge on any atom is 0.257 e. The zero-order valence-corrected chi connectivity index (χ0v) is 13.3. The van der Waals surface area contributed by atoms with E-state index in [4.69, 9.17) is 0 Å². The van der Waals surface area contributed by atoms with Crippen LogP contribution in [-0.4, -0.2) is 16.1 Å². The highest BCUT2D eigenvalue weighted by Crippen LogP contribution is 2.24. The number of hydrogen-bond acceptors (Lipinski definition) is 5. The average molecular weight is 332 g/mol. The summed E-state index contributed by atoms with van der Waals surface area (Å²) in [4.78, 5) is 12.1. The van der Waals surface area contributed by atoms with Crippen LogP contribution in [0.15, 0.2) is 60.7 Å². The second-order valence-electron chi connectivity index (χ2n) is 4.81. The Bertz CT molecular complexity index is 911. The predicted octanol–water partition coefficient (Wildman–Crippen LogP) is 3.85. The van der Waals surface area contributed by atoms with E-state index in [-0.39, 0.29) is 5.91 Å². The lowest BCUT2D eigenvalue weighted by atomic mass is 10.1. The third-order valence-corrected chi connectivity index (χ3v) is 4.01.